The van der Waals surface area contributed by atoms with E-state index in [1.54, 1.807) is 27.7 Å². The number of hydrogen-bond acceptors (Lipinski definition) is 7. The Hall–Kier alpha value is -3.71. The van der Waals surface area contributed by atoms with Crippen molar-refractivity contribution >= 4 is 41.4 Å². The van der Waals surface area contributed by atoms with Crippen LogP contribution < -0.4 is 31.9 Å². The molecule has 0 unspecified atom stereocenters. The van der Waals surface area contributed by atoms with Crippen molar-refractivity contribution in [1.29, 1.82) is 0 Å². The molecule has 0 spiro atoms. The number of nitrogens with one attached hydrogen (secondary N) is 6. The number of hydrogen-bond donors (Lipinski definition) is 6. The molecule has 0 aliphatic carbocycles. The van der Waals surface area contributed by atoms with Crippen molar-refractivity contribution in [3.63, 3.8) is 0 Å². The molecular weight excluding hydrogens is 546 g/mol. The van der Waals surface area contributed by atoms with E-state index in [1.165, 1.54) is 11.8 Å². The predicted octanol–water partition coefficient (Wildman–Crippen LogP) is -1.46. The molecule has 0 radical (unpaired) electrons. The fraction of sp³-hybridized carbons (Fsp3) is 0.750. The van der Waals surface area contributed by atoms with Crippen LogP contribution in [0.1, 0.15) is 67.7 Å². The van der Waals surface area contributed by atoms with Crippen LogP contribution in [0.5, 0.6) is 0 Å². The van der Waals surface area contributed by atoms with E-state index in [9.17, 15) is 33.6 Å². The van der Waals surface area contributed by atoms with E-state index in [0.717, 1.165) is 0 Å². The van der Waals surface area contributed by atoms with Gasteiger partial charge < -0.3 is 36.8 Å². The zero-order valence-corrected chi connectivity index (χ0v) is 25.7. The Morgan fingerprint density at radius 3 is 1.79 bits per heavy atom. The smallest absolute Gasteiger partial charge is 0.245 e. The van der Waals surface area contributed by atoms with Crippen molar-refractivity contribution in [1.82, 2.24) is 36.8 Å². The fourth-order valence-electron chi connectivity index (χ4n) is 4.96. The van der Waals surface area contributed by atoms with Crippen LogP contribution in [0.4, 0.5) is 0 Å². The first-order chi connectivity index (χ1) is 19.6. The Labute approximate surface area is 247 Å². The van der Waals surface area contributed by atoms with Gasteiger partial charge in [-0.3, -0.25) is 33.6 Å². The van der Waals surface area contributed by atoms with Crippen LogP contribution >= 0.6 is 0 Å². The molecule has 14 nitrogen and oxygen atoms in total. The lowest BCUT2D eigenvalue weighted by molar-refractivity contribution is -0.142. The Morgan fingerprint density at radius 1 is 0.690 bits per heavy atom. The number of nitrogens with zero attached hydrogens (tertiary/aromatic N) is 1. The lowest BCUT2D eigenvalue weighted by atomic mass is 9.98. The van der Waals surface area contributed by atoms with Gasteiger partial charge in [-0.25, -0.2) is 0 Å². The topological polar surface area (TPSA) is 195 Å². The minimum Gasteiger partial charge on any atom is -0.345 e. The Morgan fingerprint density at radius 2 is 1.21 bits per heavy atom. The van der Waals surface area contributed by atoms with Gasteiger partial charge in [-0.05, 0) is 43.9 Å². The molecule has 2 aliphatic rings. The summed E-state index contributed by atoms with van der Waals surface area (Å²) < 4.78 is 0. The van der Waals surface area contributed by atoms with Crippen molar-refractivity contribution in [3.8, 4) is 0 Å². The normalized spacial score (nSPS) is 27.9. The third-order valence-corrected chi connectivity index (χ3v) is 7.29. The van der Waals surface area contributed by atoms with Crippen molar-refractivity contribution in [3.05, 3.63) is 0 Å². The van der Waals surface area contributed by atoms with Crippen molar-refractivity contribution < 1.29 is 33.6 Å². The zero-order valence-electron chi connectivity index (χ0n) is 25.7. The third-order valence-electron chi connectivity index (χ3n) is 7.29. The lowest BCUT2D eigenvalue weighted by Gasteiger charge is -2.31. The summed E-state index contributed by atoms with van der Waals surface area (Å²) in [5.74, 6) is -4.67. The van der Waals surface area contributed by atoms with E-state index in [1.807, 2.05) is 13.8 Å². The lowest BCUT2D eigenvalue weighted by Crippen LogP contribution is -2.60. The number of amides is 7. The minimum atomic E-state index is -1.01. The van der Waals surface area contributed by atoms with Crippen molar-refractivity contribution in [2.24, 2.45) is 17.8 Å². The SMILES string of the molecule is CC(C)C[C@H]1NC(=O)[C@H](C(C)C)NC(=O)[C@@H](C(C)C)NC(=O)CNC(=O)[C@@H](C)NC(=O)CNC(=O)[C@H]2CCCN2C1=O. The molecule has 236 valence electrons. The molecule has 14 heteroatoms. The second-order valence-corrected chi connectivity index (χ2v) is 12.1. The summed E-state index contributed by atoms with van der Waals surface area (Å²) in [6.45, 7) is 11.6. The summed E-state index contributed by atoms with van der Waals surface area (Å²) in [5, 5.41) is 15.5. The van der Waals surface area contributed by atoms with Crippen LogP contribution in [0.25, 0.3) is 0 Å². The summed E-state index contributed by atoms with van der Waals surface area (Å²) >= 11 is 0. The minimum absolute atomic E-state index is 0.0261. The second-order valence-electron chi connectivity index (χ2n) is 12.1. The molecule has 5 atom stereocenters. The van der Waals surface area contributed by atoms with E-state index in [0.29, 0.717) is 25.8 Å². The fourth-order valence-corrected chi connectivity index (χ4v) is 4.96. The number of carbonyl (C=O) groups excluding carboxylic acids is 7. The molecule has 2 saturated heterocycles. The molecule has 42 heavy (non-hydrogen) atoms. The van der Waals surface area contributed by atoms with Gasteiger partial charge in [-0.2, -0.15) is 0 Å². The highest BCUT2D eigenvalue weighted by molar-refractivity contribution is 5.97. The Balaban J connectivity index is 2.41. The summed E-state index contributed by atoms with van der Waals surface area (Å²) in [6, 6.07) is -4.80. The van der Waals surface area contributed by atoms with E-state index in [4.69, 9.17) is 0 Å². The maximum absolute atomic E-state index is 13.7. The Kier molecular flexibility index (Phi) is 12.7. The molecule has 7 amide bonds. The van der Waals surface area contributed by atoms with E-state index in [-0.39, 0.29) is 17.8 Å². The van der Waals surface area contributed by atoms with Crippen LogP contribution in [-0.2, 0) is 33.6 Å². The zero-order chi connectivity index (χ0) is 31.7. The molecule has 2 aliphatic heterocycles. The van der Waals surface area contributed by atoms with Crippen LogP contribution in [0.3, 0.4) is 0 Å². The summed E-state index contributed by atoms with van der Waals surface area (Å²) in [5.41, 5.74) is 0. The first-order valence-corrected chi connectivity index (χ1v) is 14.7. The standard InChI is InChI=1S/C28H47N7O7/c1-14(2)11-18-28(42)35-10-8-9-19(35)25(39)30-12-20(36)31-17(7)24(38)29-13-21(37)33-22(15(3)4)27(41)34-23(16(5)6)26(40)32-18/h14-19,22-23H,8-13H2,1-7H3,(H,29,38)(H,30,39)(H,31,36)(H,32,40)(H,33,37)(H,34,41)/t17-,18-,19-,22-,23+/m1/s1. The van der Waals surface area contributed by atoms with E-state index >= 15 is 0 Å². The molecule has 2 heterocycles. The van der Waals surface area contributed by atoms with Gasteiger partial charge in [0.25, 0.3) is 0 Å². The highest BCUT2D eigenvalue weighted by Gasteiger charge is 2.39. The molecule has 0 bridgehead atoms. The maximum atomic E-state index is 13.7. The number of rotatable bonds is 4. The molecular formula is C28H47N7O7. The quantitative estimate of drug-likeness (QED) is 0.229. The molecule has 0 aromatic rings. The van der Waals surface area contributed by atoms with Crippen LogP contribution in [0, 0.1) is 17.8 Å². The van der Waals surface area contributed by atoms with Gasteiger partial charge in [0.15, 0.2) is 0 Å². The van der Waals surface area contributed by atoms with Crippen LogP contribution in [-0.4, -0.2) is 96.1 Å². The second kappa shape index (κ2) is 15.5. The van der Waals surface area contributed by atoms with Gasteiger partial charge in [0.1, 0.15) is 30.2 Å². The largest absolute Gasteiger partial charge is 0.345 e. The number of carbonyl (C=O) groups is 7. The van der Waals surface area contributed by atoms with Gasteiger partial charge >= 0.3 is 0 Å². The van der Waals surface area contributed by atoms with Gasteiger partial charge in [0.05, 0.1) is 13.1 Å². The molecule has 2 rings (SSSR count). The average Bonchev–Trinajstić information content (AvgIpc) is 3.39. The average molecular weight is 594 g/mol. The first-order valence-electron chi connectivity index (χ1n) is 14.7. The molecule has 0 saturated carbocycles. The maximum Gasteiger partial charge on any atom is 0.245 e. The van der Waals surface area contributed by atoms with E-state index in [2.05, 4.69) is 31.9 Å². The summed E-state index contributed by atoms with van der Waals surface area (Å²) in [4.78, 5) is 92.4. The monoisotopic (exact) mass is 593 g/mol. The van der Waals surface area contributed by atoms with Gasteiger partial charge in [-0.1, -0.05) is 41.5 Å². The van der Waals surface area contributed by atoms with Crippen LogP contribution in [0.2, 0.25) is 0 Å². The highest BCUT2D eigenvalue weighted by Crippen LogP contribution is 2.21. The van der Waals surface area contributed by atoms with E-state index < -0.39 is 84.6 Å². The summed E-state index contributed by atoms with van der Waals surface area (Å²) in [6.07, 6.45) is 1.27. The Bertz CT molecular complexity index is 1050. The molecule has 6 N–H and O–H groups in total. The highest BCUT2D eigenvalue weighted by atomic mass is 16.2. The molecule has 0 aromatic heterocycles. The van der Waals surface area contributed by atoms with Crippen molar-refractivity contribution in [2.45, 2.75) is 97.9 Å². The van der Waals surface area contributed by atoms with Crippen LogP contribution in [0.15, 0.2) is 0 Å². The molecule has 0 aromatic carbocycles. The summed E-state index contributed by atoms with van der Waals surface area (Å²) in [7, 11) is 0. The van der Waals surface area contributed by atoms with Crippen molar-refractivity contribution in [2.75, 3.05) is 19.6 Å². The van der Waals surface area contributed by atoms with Gasteiger partial charge in [0, 0.05) is 6.54 Å². The van der Waals surface area contributed by atoms with Gasteiger partial charge in [-0.15, -0.1) is 0 Å². The predicted molar refractivity (Wildman–Crippen MR) is 153 cm³/mol. The third kappa shape index (κ3) is 9.69. The first kappa shape index (κ1) is 34.5. The number of fused-ring (bicyclic) bond motifs is 1. The molecule has 2 fully saturated rings. The van der Waals surface area contributed by atoms with Gasteiger partial charge in [0.2, 0.25) is 41.4 Å².